The Bertz CT molecular complexity index is 818. The molecule has 0 saturated heterocycles. The van der Waals surface area contributed by atoms with E-state index in [1.54, 1.807) is 12.1 Å². The lowest BCUT2D eigenvalue weighted by Gasteiger charge is -2.04. The van der Waals surface area contributed by atoms with Crippen LogP contribution in [0.4, 0.5) is 4.39 Å². The summed E-state index contributed by atoms with van der Waals surface area (Å²) in [7, 11) is 0. The van der Waals surface area contributed by atoms with Gasteiger partial charge in [-0.1, -0.05) is 47.6 Å². The zero-order valence-electron chi connectivity index (χ0n) is 12.9. The predicted octanol–water partition coefficient (Wildman–Crippen LogP) is 3.24. The summed E-state index contributed by atoms with van der Waals surface area (Å²) in [6, 6.07) is 15.4. The quantitative estimate of drug-likeness (QED) is 0.707. The summed E-state index contributed by atoms with van der Waals surface area (Å²) < 4.78 is 18.7. The number of aryl methyl sites for hydroxylation is 1. The first-order chi connectivity index (χ1) is 11.7. The van der Waals surface area contributed by atoms with Gasteiger partial charge < -0.3 is 9.84 Å². The SMILES string of the molecule is O=C(NCCCc1nc(-c2ccccc2)no1)c1ccccc1F. The Morgan fingerprint density at radius 3 is 2.62 bits per heavy atom. The molecule has 1 heterocycles. The normalized spacial score (nSPS) is 10.5. The maximum absolute atomic E-state index is 13.5. The Kier molecular flexibility index (Phi) is 4.96. The van der Waals surface area contributed by atoms with E-state index < -0.39 is 11.7 Å². The summed E-state index contributed by atoms with van der Waals surface area (Å²) in [6.07, 6.45) is 1.16. The second kappa shape index (κ2) is 7.50. The number of benzene rings is 2. The minimum Gasteiger partial charge on any atom is -0.352 e. The van der Waals surface area contributed by atoms with Gasteiger partial charge in [-0.2, -0.15) is 4.98 Å². The lowest BCUT2D eigenvalue weighted by Crippen LogP contribution is -2.25. The van der Waals surface area contributed by atoms with Crippen molar-refractivity contribution in [2.75, 3.05) is 6.54 Å². The van der Waals surface area contributed by atoms with E-state index in [1.165, 1.54) is 12.1 Å². The van der Waals surface area contributed by atoms with Crippen LogP contribution in [0.3, 0.4) is 0 Å². The van der Waals surface area contributed by atoms with Gasteiger partial charge >= 0.3 is 0 Å². The van der Waals surface area contributed by atoms with Gasteiger partial charge in [0, 0.05) is 18.5 Å². The molecule has 3 rings (SSSR count). The number of rotatable bonds is 6. The Labute approximate surface area is 138 Å². The molecule has 2 aromatic carbocycles. The van der Waals surface area contributed by atoms with Gasteiger partial charge in [-0.15, -0.1) is 0 Å². The van der Waals surface area contributed by atoms with Gasteiger partial charge in [-0.25, -0.2) is 4.39 Å². The van der Waals surface area contributed by atoms with E-state index in [4.69, 9.17) is 4.52 Å². The minimum atomic E-state index is -0.528. The first kappa shape index (κ1) is 15.9. The number of hydrogen-bond acceptors (Lipinski definition) is 4. The van der Waals surface area contributed by atoms with Crippen LogP contribution in [0.5, 0.6) is 0 Å². The summed E-state index contributed by atoms with van der Waals surface area (Å²) >= 11 is 0. The number of carbonyl (C=O) groups is 1. The second-order valence-electron chi connectivity index (χ2n) is 5.22. The number of amides is 1. The van der Waals surface area contributed by atoms with Crippen molar-refractivity contribution in [2.24, 2.45) is 0 Å². The number of aromatic nitrogens is 2. The molecule has 0 bridgehead atoms. The molecule has 0 atom stereocenters. The van der Waals surface area contributed by atoms with Crippen LogP contribution >= 0.6 is 0 Å². The van der Waals surface area contributed by atoms with Crippen molar-refractivity contribution in [2.45, 2.75) is 12.8 Å². The zero-order chi connectivity index (χ0) is 16.8. The molecule has 1 aromatic heterocycles. The maximum Gasteiger partial charge on any atom is 0.254 e. The Morgan fingerprint density at radius 2 is 1.83 bits per heavy atom. The zero-order valence-corrected chi connectivity index (χ0v) is 12.9. The fourth-order valence-corrected chi connectivity index (χ4v) is 2.24. The highest BCUT2D eigenvalue weighted by atomic mass is 19.1. The number of hydrogen-bond donors (Lipinski definition) is 1. The highest BCUT2D eigenvalue weighted by molar-refractivity contribution is 5.94. The largest absolute Gasteiger partial charge is 0.352 e. The predicted molar refractivity (Wildman–Crippen MR) is 86.8 cm³/mol. The fourth-order valence-electron chi connectivity index (χ4n) is 2.24. The van der Waals surface area contributed by atoms with E-state index in [9.17, 15) is 9.18 Å². The Hall–Kier alpha value is -3.02. The first-order valence-corrected chi connectivity index (χ1v) is 7.65. The topological polar surface area (TPSA) is 68.0 Å². The van der Waals surface area contributed by atoms with E-state index in [2.05, 4.69) is 15.5 Å². The van der Waals surface area contributed by atoms with Gasteiger partial charge in [0.05, 0.1) is 5.56 Å². The second-order valence-corrected chi connectivity index (χ2v) is 5.22. The molecule has 1 N–H and O–H groups in total. The molecule has 0 fully saturated rings. The van der Waals surface area contributed by atoms with E-state index >= 15 is 0 Å². The van der Waals surface area contributed by atoms with Gasteiger partial charge in [0.2, 0.25) is 11.7 Å². The Morgan fingerprint density at radius 1 is 1.08 bits per heavy atom. The highest BCUT2D eigenvalue weighted by Crippen LogP contribution is 2.15. The maximum atomic E-state index is 13.5. The van der Waals surface area contributed by atoms with E-state index in [0.29, 0.717) is 31.1 Å². The number of nitrogens with zero attached hydrogens (tertiary/aromatic N) is 2. The van der Waals surface area contributed by atoms with Crippen LogP contribution in [0, 0.1) is 5.82 Å². The molecule has 3 aromatic rings. The van der Waals surface area contributed by atoms with Crippen LogP contribution < -0.4 is 5.32 Å². The number of nitrogens with one attached hydrogen (secondary N) is 1. The van der Waals surface area contributed by atoms with Gasteiger partial charge in [0.1, 0.15) is 5.82 Å². The van der Waals surface area contributed by atoms with Crippen molar-refractivity contribution in [1.29, 1.82) is 0 Å². The molecular weight excluding hydrogens is 309 g/mol. The third-order valence-electron chi connectivity index (χ3n) is 3.47. The highest BCUT2D eigenvalue weighted by Gasteiger charge is 2.11. The standard InChI is InChI=1S/C18H16FN3O2/c19-15-10-5-4-9-14(15)18(23)20-12-6-11-16-21-17(22-24-16)13-7-2-1-3-8-13/h1-5,7-10H,6,11-12H2,(H,20,23). The molecule has 0 aliphatic carbocycles. The molecule has 24 heavy (non-hydrogen) atoms. The van der Waals surface area contributed by atoms with Crippen LogP contribution in [0.15, 0.2) is 59.1 Å². The summed E-state index contributed by atoms with van der Waals surface area (Å²) in [5.41, 5.74) is 0.932. The summed E-state index contributed by atoms with van der Waals surface area (Å²) in [5.74, 6) is 0.0954. The lowest BCUT2D eigenvalue weighted by atomic mass is 10.2. The molecule has 0 saturated carbocycles. The van der Waals surface area contributed by atoms with Crippen LogP contribution in [0.25, 0.3) is 11.4 Å². The van der Waals surface area contributed by atoms with Crippen molar-refractivity contribution in [3.05, 3.63) is 71.9 Å². The fraction of sp³-hybridized carbons (Fsp3) is 0.167. The van der Waals surface area contributed by atoms with E-state index in [0.717, 1.165) is 5.56 Å². The number of carbonyl (C=O) groups excluding carboxylic acids is 1. The van der Waals surface area contributed by atoms with Gasteiger partial charge in [-0.3, -0.25) is 4.79 Å². The molecule has 0 aliphatic rings. The molecule has 0 radical (unpaired) electrons. The third-order valence-corrected chi connectivity index (χ3v) is 3.47. The monoisotopic (exact) mass is 325 g/mol. The van der Waals surface area contributed by atoms with Crippen molar-refractivity contribution < 1.29 is 13.7 Å². The average Bonchev–Trinajstić information content (AvgIpc) is 3.09. The number of halogens is 1. The molecule has 0 spiro atoms. The van der Waals surface area contributed by atoms with Crippen LogP contribution in [-0.4, -0.2) is 22.6 Å². The lowest BCUT2D eigenvalue weighted by molar-refractivity contribution is 0.0949. The van der Waals surface area contributed by atoms with Crippen LogP contribution in [0.2, 0.25) is 0 Å². The van der Waals surface area contributed by atoms with Gasteiger partial charge in [0.15, 0.2) is 0 Å². The van der Waals surface area contributed by atoms with Gasteiger partial charge in [0.25, 0.3) is 5.91 Å². The Balaban J connectivity index is 1.48. The molecule has 122 valence electrons. The molecule has 0 aliphatic heterocycles. The molecule has 6 heteroatoms. The van der Waals surface area contributed by atoms with E-state index in [1.807, 2.05) is 30.3 Å². The van der Waals surface area contributed by atoms with Crippen molar-refractivity contribution in [3.63, 3.8) is 0 Å². The third kappa shape index (κ3) is 3.84. The average molecular weight is 325 g/mol. The first-order valence-electron chi connectivity index (χ1n) is 7.65. The summed E-state index contributed by atoms with van der Waals surface area (Å²) in [6.45, 7) is 0.399. The molecule has 1 amide bonds. The van der Waals surface area contributed by atoms with Crippen molar-refractivity contribution >= 4 is 5.91 Å². The van der Waals surface area contributed by atoms with E-state index in [-0.39, 0.29) is 5.56 Å². The smallest absolute Gasteiger partial charge is 0.254 e. The van der Waals surface area contributed by atoms with Crippen LogP contribution in [0.1, 0.15) is 22.7 Å². The summed E-state index contributed by atoms with van der Waals surface area (Å²) in [5, 5.41) is 6.62. The van der Waals surface area contributed by atoms with Crippen LogP contribution in [-0.2, 0) is 6.42 Å². The van der Waals surface area contributed by atoms with Gasteiger partial charge in [-0.05, 0) is 18.6 Å². The summed E-state index contributed by atoms with van der Waals surface area (Å²) in [4.78, 5) is 16.2. The van der Waals surface area contributed by atoms with Crippen molar-refractivity contribution in [3.8, 4) is 11.4 Å². The van der Waals surface area contributed by atoms with Crippen molar-refractivity contribution in [1.82, 2.24) is 15.5 Å². The molecule has 5 nitrogen and oxygen atoms in total. The minimum absolute atomic E-state index is 0.0432. The molecular formula is C18H16FN3O2. The molecule has 0 unspecified atom stereocenters.